The number of carbonyl (C=O) groups excluding carboxylic acids is 1. The lowest BCUT2D eigenvalue weighted by Crippen LogP contribution is -2.42. The fourth-order valence-corrected chi connectivity index (χ4v) is 4.75. The molecule has 0 spiro atoms. The Hall–Kier alpha value is -2.91. The van der Waals surface area contributed by atoms with Crippen molar-refractivity contribution in [3.8, 4) is 5.75 Å². The van der Waals surface area contributed by atoms with Crippen molar-refractivity contribution in [3.05, 3.63) is 70.2 Å². The average molecular weight is 488 g/mol. The van der Waals surface area contributed by atoms with Crippen LogP contribution >= 0.6 is 11.3 Å². The first-order valence-electron chi connectivity index (χ1n) is 10.5. The number of carbonyl (C=O) groups is 1. The second-order valence-electron chi connectivity index (χ2n) is 8.92. The monoisotopic (exact) mass is 487 g/mol. The minimum Gasteiger partial charge on any atom is -0.410 e. The fourth-order valence-electron chi connectivity index (χ4n) is 3.20. The number of aromatic nitrogens is 1. The van der Waals surface area contributed by atoms with Crippen molar-refractivity contribution in [2.24, 2.45) is 0 Å². The number of aryl methyl sites for hydroxylation is 2. The van der Waals surface area contributed by atoms with Crippen LogP contribution in [-0.4, -0.2) is 31.3 Å². The maximum absolute atomic E-state index is 11.9. The normalized spacial score (nSPS) is 11.9. The average Bonchev–Trinajstić information content (AvgIpc) is 3.04. The number of benzene rings is 2. The molecule has 0 fully saturated rings. The summed E-state index contributed by atoms with van der Waals surface area (Å²) in [6.07, 6.45) is 2.84. The zero-order valence-corrected chi connectivity index (χ0v) is 20.8. The van der Waals surface area contributed by atoms with Gasteiger partial charge in [-0.2, -0.15) is 0 Å². The molecular formula is C24H29N3O4S2. The van der Waals surface area contributed by atoms with E-state index in [9.17, 15) is 13.2 Å². The molecule has 1 heterocycles. The first-order valence-corrected chi connectivity index (χ1v) is 13.2. The molecule has 0 radical (unpaired) electrons. The van der Waals surface area contributed by atoms with Gasteiger partial charge in [0, 0.05) is 23.1 Å². The molecule has 1 aromatic heterocycles. The molecule has 0 aliphatic carbocycles. The lowest BCUT2D eigenvalue weighted by molar-refractivity contribution is 0.190. The van der Waals surface area contributed by atoms with Gasteiger partial charge in [0.05, 0.1) is 10.6 Å². The van der Waals surface area contributed by atoms with E-state index in [4.69, 9.17) is 10.5 Å². The number of amides is 1. The smallest absolute Gasteiger partial charge is 0.410 e. The molecule has 0 atom stereocenters. The number of nitrogens with one attached hydrogen (secondary N) is 1. The SMILES string of the molecule is CC(C)(C)NC(=O)Oc1ccc(CCc2nc(N)sc2Cc2ccc(S(C)(=O)=O)cc2)cc1. The van der Waals surface area contributed by atoms with Gasteiger partial charge in [-0.1, -0.05) is 24.3 Å². The summed E-state index contributed by atoms with van der Waals surface area (Å²) in [5, 5.41) is 3.27. The van der Waals surface area contributed by atoms with E-state index in [0.29, 0.717) is 22.2 Å². The second-order valence-corrected chi connectivity index (χ2v) is 12.1. The Kier molecular flexibility index (Phi) is 7.44. The van der Waals surface area contributed by atoms with Crippen LogP contribution in [0.4, 0.5) is 9.93 Å². The van der Waals surface area contributed by atoms with Crippen molar-refractivity contribution in [1.29, 1.82) is 0 Å². The Labute approximate surface area is 198 Å². The highest BCUT2D eigenvalue weighted by Gasteiger charge is 2.15. The van der Waals surface area contributed by atoms with Crippen LogP contribution < -0.4 is 15.8 Å². The number of nitrogens with zero attached hydrogens (tertiary/aromatic N) is 1. The number of hydrogen-bond acceptors (Lipinski definition) is 7. The third-order valence-electron chi connectivity index (χ3n) is 4.77. The predicted molar refractivity (Wildman–Crippen MR) is 132 cm³/mol. The van der Waals surface area contributed by atoms with Crippen LogP contribution in [0.25, 0.3) is 0 Å². The number of sulfone groups is 1. The van der Waals surface area contributed by atoms with Gasteiger partial charge in [-0.05, 0) is 69.0 Å². The van der Waals surface area contributed by atoms with Gasteiger partial charge in [0.1, 0.15) is 5.75 Å². The molecular weight excluding hydrogens is 458 g/mol. The van der Waals surface area contributed by atoms with E-state index < -0.39 is 15.9 Å². The summed E-state index contributed by atoms with van der Waals surface area (Å²) in [7, 11) is -3.21. The third-order valence-corrected chi connectivity index (χ3v) is 6.83. The quantitative estimate of drug-likeness (QED) is 0.511. The number of anilines is 1. The molecule has 0 saturated carbocycles. The van der Waals surface area contributed by atoms with Gasteiger partial charge in [0.15, 0.2) is 15.0 Å². The van der Waals surface area contributed by atoms with Gasteiger partial charge in [-0.25, -0.2) is 18.2 Å². The van der Waals surface area contributed by atoms with Crippen molar-refractivity contribution in [2.45, 2.75) is 50.5 Å². The highest BCUT2D eigenvalue weighted by Crippen LogP contribution is 2.26. The van der Waals surface area contributed by atoms with Gasteiger partial charge in [-0.15, -0.1) is 11.3 Å². The number of nitrogens with two attached hydrogens (primary N) is 1. The van der Waals surface area contributed by atoms with Crippen molar-refractivity contribution >= 4 is 32.4 Å². The lowest BCUT2D eigenvalue weighted by atomic mass is 10.0. The van der Waals surface area contributed by atoms with E-state index in [2.05, 4.69) is 10.3 Å². The van der Waals surface area contributed by atoms with Crippen LogP contribution in [0, 0.1) is 0 Å². The van der Waals surface area contributed by atoms with Gasteiger partial charge < -0.3 is 15.8 Å². The first kappa shape index (κ1) is 24.7. The predicted octanol–water partition coefficient (Wildman–Crippen LogP) is 4.39. The van der Waals surface area contributed by atoms with Crippen molar-refractivity contribution in [1.82, 2.24) is 10.3 Å². The number of rotatable bonds is 7. The molecule has 33 heavy (non-hydrogen) atoms. The molecule has 0 unspecified atom stereocenters. The Balaban J connectivity index is 1.61. The summed E-state index contributed by atoms with van der Waals surface area (Å²) in [6.45, 7) is 5.67. The number of hydrogen-bond donors (Lipinski definition) is 2. The van der Waals surface area contributed by atoms with Gasteiger partial charge in [0.25, 0.3) is 0 Å². The minimum atomic E-state index is -3.21. The van der Waals surface area contributed by atoms with E-state index in [1.54, 1.807) is 24.3 Å². The topological polar surface area (TPSA) is 111 Å². The lowest BCUT2D eigenvalue weighted by Gasteiger charge is -2.19. The Bertz CT molecular complexity index is 1210. The molecule has 7 nitrogen and oxygen atoms in total. The molecule has 9 heteroatoms. The summed E-state index contributed by atoms with van der Waals surface area (Å²) in [4.78, 5) is 17.8. The van der Waals surface area contributed by atoms with Gasteiger partial charge in [0.2, 0.25) is 0 Å². The van der Waals surface area contributed by atoms with E-state index in [0.717, 1.165) is 34.5 Å². The molecule has 0 bridgehead atoms. The molecule has 176 valence electrons. The van der Waals surface area contributed by atoms with Crippen molar-refractivity contribution in [3.63, 3.8) is 0 Å². The molecule has 0 aliphatic heterocycles. The zero-order valence-electron chi connectivity index (χ0n) is 19.2. The maximum atomic E-state index is 11.9. The highest BCUT2D eigenvalue weighted by atomic mass is 32.2. The molecule has 2 aromatic carbocycles. The van der Waals surface area contributed by atoms with Crippen LogP contribution in [0.2, 0.25) is 0 Å². The first-order chi connectivity index (χ1) is 15.4. The van der Waals surface area contributed by atoms with Crippen LogP contribution in [0.1, 0.15) is 42.5 Å². The summed E-state index contributed by atoms with van der Waals surface area (Å²) in [5.74, 6) is 0.483. The maximum Gasteiger partial charge on any atom is 0.413 e. The molecule has 1 amide bonds. The zero-order chi connectivity index (χ0) is 24.2. The Morgan fingerprint density at radius 1 is 1.03 bits per heavy atom. The van der Waals surface area contributed by atoms with Crippen LogP contribution in [0.15, 0.2) is 53.4 Å². The molecule has 0 saturated heterocycles. The van der Waals surface area contributed by atoms with Crippen molar-refractivity contribution in [2.75, 3.05) is 12.0 Å². The summed E-state index contributed by atoms with van der Waals surface area (Å²) < 4.78 is 28.6. The Morgan fingerprint density at radius 3 is 2.21 bits per heavy atom. The molecule has 3 aromatic rings. The van der Waals surface area contributed by atoms with E-state index in [1.165, 1.54) is 17.6 Å². The van der Waals surface area contributed by atoms with E-state index >= 15 is 0 Å². The Morgan fingerprint density at radius 2 is 1.64 bits per heavy atom. The number of nitrogen functional groups attached to an aromatic ring is 1. The van der Waals surface area contributed by atoms with E-state index in [1.807, 2.05) is 45.0 Å². The number of ether oxygens (including phenoxy) is 1. The fraction of sp³-hybridized carbons (Fsp3) is 0.333. The summed E-state index contributed by atoms with van der Waals surface area (Å²) in [5.41, 5.74) is 8.64. The highest BCUT2D eigenvalue weighted by molar-refractivity contribution is 7.90. The second kappa shape index (κ2) is 9.93. The van der Waals surface area contributed by atoms with Crippen LogP contribution in [-0.2, 0) is 29.1 Å². The van der Waals surface area contributed by atoms with Crippen LogP contribution in [0.3, 0.4) is 0 Å². The van der Waals surface area contributed by atoms with E-state index in [-0.39, 0.29) is 5.54 Å². The van der Waals surface area contributed by atoms with Crippen molar-refractivity contribution < 1.29 is 17.9 Å². The standard InChI is InChI=1S/C24H29N3O4S2/c1-24(2,3)27-23(28)31-18-10-5-16(6-11-18)9-14-20-21(32-22(25)26-20)15-17-7-12-19(13-8-17)33(4,29)30/h5-8,10-13H,9,14-15H2,1-4H3,(H2,25,26)(H,27,28). The minimum absolute atomic E-state index is 0.304. The summed E-state index contributed by atoms with van der Waals surface area (Å²) in [6, 6.07) is 14.3. The van der Waals surface area contributed by atoms with Crippen LogP contribution in [0.5, 0.6) is 5.75 Å². The molecule has 0 aliphatic rings. The molecule has 3 rings (SSSR count). The van der Waals surface area contributed by atoms with Gasteiger partial charge >= 0.3 is 6.09 Å². The molecule has 3 N–H and O–H groups in total. The number of thiazole rings is 1. The van der Waals surface area contributed by atoms with Gasteiger partial charge in [-0.3, -0.25) is 0 Å². The summed E-state index contributed by atoms with van der Waals surface area (Å²) >= 11 is 1.45. The largest absolute Gasteiger partial charge is 0.413 e. The third kappa shape index (κ3) is 7.57.